The van der Waals surface area contributed by atoms with E-state index in [1.165, 1.54) is 41.4 Å². The van der Waals surface area contributed by atoms with Crippen LogP contribution >= 0.6 is 21.4 Å². The van der Waals surface area contributed by atoms with Gasteiger partial charge in [-0.1, -0.05) is 116 Å². The van der Waals surface area contributed by atoms with Crippen molar-refractivity contribution in [2.45, 2.75) is 104 Å². The second-order valence-corrected chi connectivity index (χ2v) is 11.5. The molecule has 0 aliphatic heterocycles. The minimum absolute atomic E-state index is 0. The third-order valence-corrected chi connectivity index (χ3v) is 3.84. The lowest BCUT2D eigenvalue weighted by atomic mass is 10.0. The smallest absolute Gasteiger partial charge is 0.137 e. The molecule has 0 fully saturated rings. The molecule has 1 atom stereocenters. The highest BCUT2D eigenvalue weighted by Gasteiger charge is 1.99. The summed E-state index contributed by atoms with van der Waals surface area (Å²) in [5, 5.41) is 12.5. The summed E-state index contributed by atoms with van der Waals surface area (Å²) in [6.07, 6.45) is 9.65. The summed E-state index contributed by atoms with van der Waals surface area (Å²) >= 11 is 1.46. The summed E-state index contributed by atoms with van der Waals surface area (Å²) in [7, 11) is 0. The maximum atomic E-state index is 4.33. The SMILES string of the molecule is C.C.C.CC(C)C.CC(C)C.CC(C)C.CC(C)c1ccc2ncccc2c1.F.O.P.[B].[HH].c1cnoc1.c1cnsc1.c1nc[nH]n1. The van der Waals surface area contributed by atoms with Gasteiger partial charge in [0.05, 0.1) is 11.7 Å². The number of nitrogens with zero attached hydrogens (tertiary/aromatic N) is 5. The number of hydrogen-bond donors (Lipinski definition) is 1. The Labute approximate surface area is 298 Å². The summed E-state index contributed by atoms with van der Waals surface area (Å²) in [5.74, 6) is 3.09. The van der Waals surface area contributed by atoms with E-state index in [9.17, 15) is 0 Å². The molecule has 0 saturated heterocycles. The first kappa shape index (κ1) is 66.4. The number of aromatic nitrogens is 6. The van der Waals surface area contributed by atoms with Gasteiger partial charge in [0.1, 0.15) is 18.9 Å². The molecule has 5 aromatic rings. The van der Waals surface area contributed by atoms with E-state index in [0.29, 0.717) is 5.92 Å². The van der Waals surface area contributed by atoms with Crippen LogP contribution in [-0.4, -0.2) is 43.6 Å². The van der Waals surface area contributed by atoms with Gasteiger partial charge in [0.25, 0.3) is 0 Å². The number of rotatable bonds is 1. The highest BCUT2D eigenvalue weighted by molar-refractivity contribution is 7.03. The van der Waals surface area contributed by atoms with Crippen molar-refractivity contribution >= 4 is 40.7 Å². The van der Waals surface area contributed by atoms with Crippen molar-refractivity contribution in [1.82, 2.24) is 29.7 Å². The molecular formula is C35H72BFN6O2PS. The van der Waals surface area contributed by atoms with Gasteiger partial charge in [-0.15, -0.1) is 0 Å². The summed E-state index contributed by atoms with van der Waals surface area (Å²) in [6, 6.07) is 14.2. The van der Waals surface area contributed by atoms with E-state index in [2.05, 4.69) is 135 Å². The lowest BCUT2D eigenvalue weighted by molar-refractivity contribution is 0.420. The van der Waals surface area contributed by atoms with E-state index in [1.54, 1.807) is 18.5 Å². The molecule has 275 valence electrons. The van der Waals surface area contributed by atoms with Crippen molar-refractivity contribution in [1.29, 1.82) is 0 Å². The highest BCUT2D eigenvalue weighted by Crippen LogP contribution is 2.19. The molecule has 0 aliphatic rings. The van der Waals surface area contributed by atoms with Crippen LogP contribution in [0.4, 0.5) is 4.70 Å². The largest absolute Gasteiger partial charge is 0.412 e. The molecule has 1 aromatic carbocycles. The van der Waals surface area contributed by atoms with Crippen LogP contribution in [0, 0.1) is 17.8 Å². The molecule has 4 aromatic heterocycles. The molecule has 0 aliphatic carbocycles. The van der Waals surface area contributed by atoms with Crippen molar-refractivity contribution in [3.63, 3.8) is 0 Å². The zero-order valence-corrected chi connectivity index (χ0v) is 30.9. The average Bonchev–Trinajstić information content (AvgIpc) is 3.70. The van der Waals surface area contributed by atoms with Gasteiger partial charge < -0.3 is 10.00 Å². The maximum Gasteiger partial charge on any atom is 0.137 e. The Kier molecular flexibility index (Phi) is 67.0. The summed E-state index contributed by atoms with van der Waals surface area (Å²) in [6.45, 7) is 23.9. The molecule has 0 spiro atoms. The molecular weight excluding hydrogens is 629 g/mol. The van der Waals surface area contributed by atoms with E-state index in [4.69, 9.17) is 0 Å². The average molecular weight is 702 g/mol. The van der Waals surface area contributed by atoms with Gasteiger partial charge in [0, 0.05) is 33.0 Å². The van der Waals surface area contributed by atoms with Gasteiger partial charge in [-0.25, -0.2) is 9.36 Å². The van der Waals surface area contributed by atoms with Crippen LogP contribution in [0.5, 0.6) is 0 Å². The lowest BCUT2D eigenvalue weighted by Gasteiger charge is -2.05. The maximum absolute atomic E-state index is 4.33. The van der Waals surface area contributed by atoms with E-state index < -0.39 is 0 Å². The Morgan fingerprint density at radius 3 is 1.60 bits per heavy atom. The number of hydrogen-bond acceptors (Lipinski definition) is 7. The van der Waals surface area contributed by atoms with Gasteiger partial charge in [-0.05, 0) is 71.1 Å². The number of halogens is 1. The zero-order valence-electron chi connectivity index (χ0n) is 28.6. The third-order valence-electron chi connectivity index (χ3n) is 3.32. The molecule has 4 heterocycles. The fourth-order valence-electron chi connectivity index (χ4n) is 1.97. The normalized spacial score (nSPS) is 7.89. The first-order valence-electron chi connectivity index (χ1n) is 13.8. The quantitative estimate of drug-likeness (QED) is 0.137. The van der Waals surface area contributed by atoms with Gasteiger partial charge in [0.15, 0.2) is 0 Å². The van der Waals surface area contributed by atoms with Crippen molar-refractivity contribution in [3.05, 3.63) is 90.9 Å². The molecule has 0 saturated carbocycles. The number of aromatic amines is 1. The Balaban J connectivity index is -0.0000000453. The first-order valence-corrected chi connectivity index (χ1v) is 14.6. The van der Waals surface area contributed by atoms with Gasteiger partial charge in [-0.2, -0.15) is 15.0 Å². The van der Waals surface area contributed by atoms with Crippen molar-refractivity contribution in [2.75, 3.05) is 0 Å². The van der Waals surface area contributed by atoms with E-state index in [1.807, 2.05) is 23.7 Å². The molecule has 5 rings (SSSR count). The molecule has 3 radical (unpaired) electrons. The van der Waals surface area contributed by atoms with Crippen LogP contribution in [0.2, 0.25) is 0 Å². The fraction of sp³-hybridized carbons (Fsp3) is 0.514. The summed E-state index contributed by atoms with van der Waals surface area (Å²) < 4.78 is 8.10. The fourth-order valence-corrected chi connectivity index (χ4v) is 2.32. The van der Waals surface area contributed by atoms with Gasteiger partial charge in [0.2, 0.25) is 0 Å². The highest BCUT2D eigenvalue weighted by atomic mass is 32.1. The molecule has 0 bridgehead atoms. The third kappa shape index (κ3) is 55.8. The van der Waals surface area contributed by atoms with E-state index in [0.717, 1.165) is 23.3 Å². The van der Waals surface area contributed by atoms with Gasteiger partial charge >= 0.3 is 0 Å². The summed E-state index contributed by atoms with van der Waals surface area (Å²) in [5.41, 5.74) is 2.45. The molecule has 47 heavy (non-hydrogen) atoms. The Bertz CT molecular complexity index is 991. The summed E-state index contributed by atoms with van der Waals surface area (Å²) in [4.78, 5) is 7.84. The Hall–Kier alpha value is -3.01. The van der Waals surface area contributed by atoms with Crippen LogP contribution in [0.1, 0.15) is 111 Å². The monoisotopic (exact) mass is 702 g/mol. The van der Waals surface area contributed by atoms with E-state index >= 15 is 0 Å². The second-order valence-electron chi connectivity index (χ2n) is 10.8. The Morgan fingerprint density at radius 1 is 0.766 bits per heavy atom. The number of H-pyrrole nitrogens is 1. The second kappa shape index (κ2) is 47.4. The predicted octanol–water partition coefficient (Wildman–Crippen LogP) is 11.1. The number of fused-ring (bicyclic) bond motifs is 1. The number of nitrogens with one attached hydrogen (secondary N) is 1. The first-order chi connectivity index (χ1) is 19.0. The standard InChI is InChI=1S/C12H13N.3C4H10.C3H3NO.C3H3NS.C2H3N3.3CH4.B.FH.H2O.H3P.H2/c1-9(2)10-5-6-12-11(8-10)4-3-7-13-12;3*1-4(2)3;2*1-2-4-5-3-1;1-3-2-5-4-1;;;;;;;;/h3-9H,1-2H3;3*4H,1-3H3;2*1-3H;1-2H,(H,3,4,5);3*1H4;;1H;1H2;1H3;1H. The number of benzene rings is 1. The van der Waals surface area contributed by atoms with Crippen molar-refractivity contribution in [3.8, 4) is 0 Å². The van der Waals surface area contributed by atoms with Crippen molar-refractivity contribution < 1.29 is 16.1 Å². The predicted molar refractivity (Wildman–Crippen MR) is 218 cm³/mol. The minimum Gasteiger partial charge on any atom is -0.412 e. The molecule has 3 N–H and O–H groups in total. The molecule has 8 nitrogen and oxygen atoms in total. The van der Waals surface area contributed by atoms with Crippen LogP contribution in [0.25, 0.3) is 10.9 Å². The zero-order chi connectivity index (χ0) is 30.6. The van der Waals surface area contributed by atoms with E-state index in [-0.39, 0.29) is 52.2 Å². The topological polar surface area (TPSA) is 125 Å². The minimum atomic E-state index is 0. The van der Waals surface area contributed by atoms with Crippen LogP contribution in [-0.2, 0) is 0 Å². The molecule has 12 heteroatoms. The van der Waals surface area contributed by atoms with Crippen molar-refractivity contribution in [2.24, 2.45) is 17.8 Å². The van der Waals surface area contributed by atoms with Crippen LogP contribution in [0.15, 0.2) is 89.9 Å². The number of pyridine rings is 1. The molecule has 0 amide bonds. The lowest BCUT2D eigenvalue weighted by Crippen LogP contribution is -1.87. The van der Waals surface area contributed by atoms with Crippen LogP contribution < -0.4 is 0 Å². The van der Waals surface area contributed by atoms with Gasteiger partial charge in [-0.3, -0.25) is 14.8 Å². The Morgan fingerprint density at radius 2 is 1.32 bits per heavy atom. The van der Waals surface area contributed by atoms with Crippen LogP contribution in [0.3, 0.4) is 0 Å². The molecule has 1 unspecified atom stereocenters.